The van der Waals surface area contributed by atoms with Crippen LogP contribution in [0.4, 0.5) is 0 Å². The third-order valence-electron chi connectivity index (χ3n) is 4.51. The van der Waals surface area contributed by atoms with Crippen LogP contribution in [0.5, 0.6) is 5.75 Å². The lowest BCUT2D eigenvalue weighted by Gasteiger charge is -2.11. The van der Waals surface area contributed by atoms with Crippen molar-refractivity contribution >= 4 is 107 Å². The second-order valence-electron chi connectivity index (χ2n) is 6.69. The molecule has 4 rings (SSSR count). The van der Waals surface area contributed by atoms with Crippen molar-refractivity contribution in [3.63, 3.8) is 0 Å². The summed E-state index contributed by atoms with van der Waals surface area (Å²) in [4.78, 5) is 16.5. The lowest BCUT2D eigenvalue weighted by molar-refractivity contribution is 0.0732. The standard InChI is InChI=1S/C25H15I4O2S/c26-17-8-12-21(13-9-17)32(19-4-2-1-3-5-19)20-10-6-16(7-11-20)25(30)31-24-22(28)14-18(27)15-23(24)29/h1-15H/q+1. The molecule has 0 aliphatic heterocycles. The van der Waals surface area contributed by atoms with Crippen molar-refractivity contribution < 1.29 is 9.53 Å². The van der Waals surface area contributed by atoms with Crippen molar-refractivity contribution in [1.29, 1.82) is 0 Å². The molecule has 0 saturated carbocycles. The maximum absolute atomic E-state index is 12.8. The van der Waals surface area contributed by atoms with Crippen LogP contribution in [0, 0.1) is 14.3 Å². The van der Waals surface area contributed by atoms with Crippen LogP contribution in [-0.4, -0.2) is 5.97 Å². The van der Waals surface area contributed by atoms with Crippen molar-refractivity contribution in [3.05, 3.63) is 111 Å². The highest BCUT2D eigenvalue weighted by molar-refractivity contribution is 14.1. The first-order valence-corrected chi connectivity index (χ1v) is 15.0. The average molecular weight is 887 g/mol. The van der Waals surface area contributed by atoms with Crippen molar-refractivity contribution in [1.82, 2.24) is 0 Å². The van der Waals surface area contributed by atoms with Gasteiger partial charge in [-0.15, -0.1) is 0 Å². The fourth-order valence-electron chi connectivity index (χ4n) is 3.04. The van der Waals surface area contributed by atoms with Gasteiger partial charge in [0.2, 0.25) is 0 Å². The maximum Gasteiger partial charge on any atom is 0.343 e. The summed E-state index contributed by atoms with van der Waals surface area (Å²) in [6.07, 6.45) is 0. The molecular formula is C25H15I4O2S+. The smallest absolute Gasteiger partial charge is 0.343 e. The number of benzene rings is 4. The van der Waals surface area contributed by atoms with Gasteiger partial charge in [0.05, 0.1) is 23.6 Å². The fraction of sp³-hybridized carbons (Fsp3) is 0. The van der Waals surface area contributed by atoms with Gasteiger partial charge >= 0.3 is 5.97 Å². The number of carbonyl (C=O) groups is 1. The van der Waals surface area contributed by atoms with E-state index in [2.05, 4.69) is 139 Å². The summed E-state index contributed by atoms with van der Waals surface area (Å²) >= 11 is 9.00. The number of hydrogen-bond donors (Lipinski definition) is 0. The summed E-state index contributed by atoms with van der Waals surface area (Å²) in [5.74, 6) is 0.270. The Labute approximate surface area is 244 Å². The quantitative estimate of drug-likeness (QED) is 0.0872. The first-order chi connectivity index (χ1) is 15.4. The van der Waals surface area contributed by atoms with Gasteiger partial charge in [0.25, 0.3) is 0 Å². The fourth-order valence-corrected chi connectivity index (χ4v) is 9.27. The maximum atomic E-state index is 12.8. The minimum Gasteiger partial charge on any atom is -0.421 e. The Morgan fingerprint density at radius 3 is 1.69 bits per heavy atom. The highest BCUT2D eigenvalue weighted by atomic mass is 127. The lowest BCUT2D eigenvalue weighted by atomic mass is 10.2. The molecule has 1 unspecified atom stereocenters. The molecule has 0 fully saturated rings. The number of halogens is 4. The number of carbonyl (C=O) groups excluding carboxylic acids is 1. The molecule has 0 heterocycles. The van der Waals surface area contributed by atoms with E-state index < -0.39 is 0 Å². The third kappa shape index (κ3) is 5.99. The first kappa shape index (κ1) is 24.7. The monoisotopic (exact) mass is 887 g/mol. The molecule has 0 aromatic heterocycles. The summed E-state index contributed by atoms with van der Waals surface area (Å²) in [7, 11) is -0.251. The van der Waals surface area contributed by atoms with E-state index in [9.17, 15) is 4.79 Å². The van der Waals surface area contributed by atoms with Crippen LogP contribution in [0.25, 0.3) is 0 Å². The van der Waals surface area contributed by atoms with E-state index in [0.29, 0.717) is 11.3 Å². The number of rotatable bonds is 5. The van der Waals surface area contributed by atoms with Gasteiger partial charge < -0.3 is 4.74 Å². The minimum absolute atomic E-state index is 0.251. The van der Waals surface area contributed by atoms with E-state index >= 15 is 0 Å². The molecule has 0 radical (unpaired) electrons. The molecule has 4 aromatic carbocycles. The van der Waals surface area contributed by atoms with E-state index in [4.69, 9.17) is 4.74 Å². The Hall–Kier alpha value is -0.380. The van der Waals surface area contributed by atoms with Crippen molar-refractivity contribution in [2.75, 3.05) is 0 Å². The summed E-state index contributed by atoms with van der Waals surface area (Å²) in [6, 6.07) is 30.9. The Balaban J connectivity index is 1.63. The van der Waals surface area contributed by atoms with Gasteiger partial charge in [-0.2, -0.15) is 0 Å². The van der Waals surface area contributed by atoms with Crippen molar-refractivity contribution in [2.24, 2.45) is 0 Å². The normalized spacial score (nSPS) is 11.8. The van der Waals surface area contributed by atoms with Gasteiger partial charge in [0.1, 0.15) is 0 Å². The highest BCUT2D eigenvalue weighted by Gasteiger charge is 2.28. The molecule has 2 nitrogen and oxygen atoms in total. The Morgan fingerprint density at radius 1 is 0.625 bits per heavy atom. The SMILES string of the molecule is O=C(Oc1c(I)cc(I)cc1I)c1ccc([S+](c2ccccc2)c2ccc(I)cc2)cc1. The zero-order valence-electron chi connectivity index (χ0n) is 16.4. The second-order valence-corrected chi connectivity index (χ2v) is 13.5. The molecule has 0 aliphatic carbocycles. The van der Waals surface area contributed by atoms with E-state index in [0.717, 1.165) is 15.6 Å². The van der Waals surface area contributed by atoms with Crippen LogP contribution >= 0.6 is 90.4 Å². The van der Waals surface area contributed by atoms with Crippen LogP contribution in [0.1, 0.15) is 10.4 Å². The Bertz CT molecular complexity index is 1220. The molecule has 7 heteroatoms. The highest BCUT2D eigenvalue weighted by Crippen LogP contribution is 2.33. The zero-order valence-corrected chi connectivity index (χ0v) is 25.8. The van der Waals surface area contributed by atoms with Gasteiger partial charge in [-0.05, 0) is 163 Å². The molecule has 0 bridgehead atoms. The summed E-state index contributed by atoms with van der Waals surface area (Å²) < 4.78 is 9.92. The molecule has 0 N–H and O–H groups in total. The number of ether oxygens (including phenoxy) is 1. The molecule has 32 heavy (non-hydrogen) atoms. The van der Waals surface area contributed by atoms with Crippen LogP contribution in [-0.2, 0) is 10.9 Å². The third-order valence-corrected chi connectivity index (χ3v) is 9.69. The average Bonchev–Trinajstić information content (AvgIpc) is 2.79. The molecule has 160 valence electrons. The number of hydrogen-bond acceptors (Lipinski definition) is 2. The van der Waals surface area contributed by atoms with Gasteiger partial charge in [-0.25, -0.2) is 4.79 Å². The molecule has 4 aromatic rings. The van der Waals surface area contributed by atoms with Gasteiger partial charge in [0.15, 0.2) is 20.4 Å². The summed E-state index contributed by atoms with van der Waals surface area (Å²) in [6.45, 7) is 0. The topological polar surface area (TPSA) is 26.3 Å². The van der Waals surface area contributed by atoms with Crippen LogP contribution < -0.4 is 4.74 Å². The Kier molecular flexibility index (Phi) is 8.78. The second kappa shape index (κ2) is 11.4. The largest absolute Gasteiger partial charge is 0.421 e. The molecule has 0 aliphatic rings. The first-order valence-electron chi connectivity index (χ1n) is 9.44. The van der Waals surface area contributed by atoms with Crippen LogP contribution in [0.15, 0.2) is 106 Å². The molecule has 0 saturated heterocycles. The molecule has 0 amide bonds. The molecule has 1 atom stereocenters. The van der Waals surface area contributed by atoms with E-state index in [-0.39, 0.29) is 16.9 Å². The number of esters is 1. The Morgan fingerprint density at radius 2 is 1.12 bits per heavy atom. The minimum atomic E-state index is -0.345. The zero-order chi connectivity index (χ0) is 22.7. The van der Waals surface area contributed by atoms with E-state index in [1.165, 1.54) is 13.4 Å². The lowest BCUT2D eigenvalue weighted by Crippen LogP contribution is -2.11. The van der Waals surface area contributed by atoms with Gasteiger partial charge in [-0.1, -0.05) is 18.2 Å². The van der Waals surface area contributed by atoms with E-state index in [1.807, 2.05) is 42.5 Å². The molecule has 0 spiro atoms. The predicted octanol–water partition coefficient (Wildman–Crippen LogP) is 8.42. The van der Waals surface area contributed by atoms with Crippen molar-refractivity contribution in [2.45, 2.75) is 14.7 Å². The van der Waals surface area contributed by atoms with Crippen LogP contribution in [0.2, 0.25) is 0 Å². The van der Waals surface area contributed by atoms with Gasteiger partial charge in [0, 0.05) is 7.14 Å². The predicted molar refractivity (Wildman–Crippen MR) is 164 cm³/mol. The van der Waals surface area contributed by atoms with Crippen LogP contribution in [0.3, 0.4) is 0 Å². The van der Waals surface area contributed by atoms with E-state index in [1.54, 1.807) is 0 Å². The molecular weight excluding hydrogens is 872 g/mol. The van der Waals surface area contributed by atoms with Crippen molar-refractivity contribution in [3.8, 4) is 5.75 Å². The van der Waals surface area contributed by atoms with Gasteiger partial charge in [-0.3, -0.25) is 0 Å². The summed E-state index contributed by atoms with van der Waals surface area (Å²) in [5.41, 5.74) is 0.540. The summed E-state index contributed by atoms with van der Waals surface area (Å²) in [5, 5.41) is 0.